The van der Waals surface area contributed by atoms with Crippen molar-refractivity contribution in [3.8, 4) is 0 Å². The molecule has 1 saturated carbocycles. The first-order chi connectivity index (χ1) is 5.59. The molecule has 1 aliphatic heterocycles. The second kappa shape index (κ2) is 2.71. The van der Waals surface area contributed by atoms with Crippen molar-refractivity contribution in [1.82, 2.24) is 4.90 Å². The molecule has 0 aromatic heterocycles. The highest BCUT2D eigenvalue weighted by Crippen LogP contribution is 2.36. The summed E-state index contributed by atoms with van der Waals surface area (Å²) in [6, 6.07) is 1.57. The van der Waals surface area contributed by atoms with Crippen molar-refractivity contribution in [3.05, 3.63) is 0 Å². The fourth-order valence-corrected chi connectivity index (χ4v) is 2.13. The fraction of sp³-hybridized carbons (Fsp3) is 1.00. The molecule has 0 N–H and O–H groups in total. The van der Waals surface area contributed by atoms with Gasteiger partial charge in [-0.3, -0.25) is 4.90 Å². The second-order valence-corrected chi connectivity index (χ2v) is 5.00. The zero-order valence-electron chi connectivity index (χ0n) is 8.34. The van der Waals surface area contributed by atoms with Crippen LogP contribution >= 0.6 is 0 Å². The van der Waals surface area contributed by atoms with Crippen LogP contribution in [0.5, 0.6) is 0 Å². The van der Waals surface area contributed by atoms with Crippen LogP contribution in [0.4, 0.5) is 0 Å². The summed E-state index contributed by atoms with van der Waals surface area (Å²) < 4.78 is 5.25. The summed E-state index contributed by atoms with van der Waals surface area (Å²) in [5, 5.41) is 0. The third kappa shape index (κ3) is 1.50. The summed E-state index contributed by atoms with van der Waals surface area (Å²) in [5.74, 6) is 0. The fourth-order valence-electron chi connectivity index (χ4n) is 2.13. The number of nitrogens with zero attached hydrogens (tertiary/aromatic N) is 1. The van der Waals surface area contributed by atoms with Gasteiger partial charge in [0.2, 0.25) is 0 Å². The molecule has 2 nitrogen and oxygen atoms in total. The van der Waals surface area contributed by atoms with E-state index in [-0.39, 0.29) is 0 Å². The predicted molar refractivity (Wildman–Crippen MR) is 49.2 cm³/mol. The molecule has 0 aromatic rings. The van der Waals surface area contributed by atoms with E-state index in [1.807, 2.05) is 0 Å². The number of hydrogen-bond donors (Lipinski definition) is 0. The average Bonchev–Trinajstić information content (AvgIpc) is 2.55. The van der Waals surface area contributed by atoms with E-state index in [2.05, 4.69) is 25.7 Å². The minimum atomic E-state index is 0.329. The first-order valence-electron chi connectivity index (χ1n) is 4.95. The zero-order chi connectivity index (χ0) is 8.77. The van der Waals surface area contributed by atoms with Crippen molar-refractivity contribution >= 4 is 0 Å². The second-order valence-electron chi connectivity index (χ2n) is 5.00. The lowest BCUT2D eigenvalue weighted by Gasteiger charge is -2.45. The lowest BCUT2D eigenvalue weighted by Crippen LogP contribution is -2.57. The van der Waals surface area contributed by atoms with Gasteiger partial charge in [-0.25, -0.2) is 0 Å². The topological polar surface area (TPSA) is 12.5 Å². The van der Waals surface area contributed by atoms with E-state index in [9.17, 15) is 0 Å². The van der Waals surface area contributed by atoms with Crippen molar-refractivity contribution in [1.29, 1.82) is 0 Å². The zero-order valence-corrected chi connectivity index (χ0v) is 8.34. The molecule has 0 spiro atoms. The lowest BCUT2D eigenvalue weighted by molar-refractivity contribution is -0.0976. The third-order valence-corrected chi connectivity index (χ3v) is 2.73. The Morgan fingerprint density at radius 3 is 1.92 bits per heavy atom. The highest BCUT2D eigenvalue weighted by molar-refractivity contribution is 4.97. The number of ether oxygens (including phenoxy) is 1. The van der Waals surface area contributed by atoms with Crippen LogP contribution in [0.25, 0.3) is 0 Å². The van der Waals surface area contributed by atoms with Crippen LogP contribution in [0.2, 0.25) is 0 Å². The van der Waals surface area contributed by atoms with Crippen LogP contribution in [0.1, 0.15) is 33.6 Å². The summed E-state index contributed by atoms with van der Waals surface area (Å²) in [6.45, 7) is 8.83. The minimum Gasteiger partial charge on any atom is -0.378 e. The maximum absolute atomic E-state index is 5.25. The molecule has 12 heavy (non-hydrogen) atoms. The molecule has 0 atom stereocenters. The van der Waals surface area contributed by atoms with Crippen LogP contribution in [0.3, 0.4) is 0 Å². The van der Waals surface area contributed by atoms with Crippen molar-refractivity contribution in [2.45, 2.75) is 51.2 Å². The van der Waals surface area contributed by atoms with Gasteiger partial charge in [-0.05, 0) is 33.6 Å². The Hall–Kier alpha value is -0.0800. The summed E-state index contributed by atoms with van der Waals surface area (Å²) >= 11 is 0. The van der Waals surface area contributed by atoms with E-state index in [1.54, 1.807) is 0 Å². The molecule has 1 aliphatic carbocycles. The molecule has 1 heterocycles. The molecule has 1 saturated heterocycles. The van der Waals surface area contributed by atoms with Crippen LogP contribution in [0, 0.1) is 0 Å². The van der Waals surface area contributed by atoms with E-state index >= 15 is 0 Å². The first kappa shape index (κ1) is 8.52. The molecule has 0 amide bonds. The molecular formula is C10H19NO. The van der Waals surface area contributed by atoms with Gasteiger partial charge in [0.15, 0.2) is 0 Å². The van der Waals surface area contributed by atoms with E-state index in [4.69, 9.17) is 4.74 Å². The first-order valence-corrected chi connectivity index (χ1v) is 4.95. The predicted octanol–water partition coefficient (Wildman–Crippen LogP) is 1.65. The molecule has 2 aliphatic rings. The monoisotopic (exact) mass is 169 g/mol. The summed E-state index contributed by atoms with van der Waals surface area (Å²) in [6.07, 6.45) is 2.79. The molecule has 70 valence electrons. The van der Waals surface area contributed by atoms with Crippen molar-refractivity contribution in [2.75, 3.05) is 13.2 Å². The largest absolute Gasteiger partial charge is 0.378 e. The number of rotatable bonds is 2. The standard InChI is InChI=1S/C10H19NO/c1-10(2,3)11(8-4-5-8)9-6-12-7-9/h8-9H,4-7H2,1-3H3. The maximum atomic E-state index is 5.25. The van der Waals surface area contributed by atoms with Crippen LogP contribution in [-0.2, 0) is 4.74 Å². The Balaban J connectivity index is 2.01. The van der Waals surface area contributed by atoms with Crippen molar-refractivity contribution in [3.63, 3.8) is 0 Å². The smallest absolute Gasteiger partial charge is 0.0645 e. The van der Waals surface area contributed by atoms with Crippen LogP contribution in [-0.4, -0.2) is 35.7 Å². The Bertz CT molecular complexity index is 165. The van der Waals surface area contributed by atoms with Crippen LogP contribution in [0.15, 0.2) is 0 Å². The molecule has 2 fully saturated rings. The molecule has 0 bridgehead atoms. The Morgan fingerprint density at radius 2 is 1.67 bits per heavy atom. The van der Waals surface area contributed by atoms with Gasteiger partial charge in [-0.1, -0.05) is 0 Å². The van der Waals surface area contributed by atoms with E-state index in [0.717, 1.165) is 19.3 Å². The van der Waals surface area contributed by atoms with Gasteiger partial charge in [-0.2, -0.15) is 0 Å². The molecule has 0 aromatic carbocycles. The van der Waals surface area contributed by atoms with Gasteiger partial charge in [0.05, 0.1) is 19.3 Å². The molecule has 2 rings (SSSR count). The minimum absolute atomic E-state index is 0.329. The lowest BCUT2D eigenvalue weighted by atomic mass is 10.0. The summed E-state index contributed by atoms with van der Waals surface area (Å²) in [4.78, 5) is 2.65. The van der Waals surface area contributed by atoms with E-state index < -0.39 is 0 Å². The van der Waals surface area contributed by atoms with Gasteiger partial charge < -0.3 is 4.74 Å². The SMILES string of the molecule is CC(C)(C)N(C1CC1)C1COC1. The van der Waals surface area contributed by atoms with Gasteiger partial charge in [-0.15, -0.1) is 0 Å². The number of hydrogen-bond acceptors (Lipinski definition) is 2. The molecule has 0 unspecified atom stereocenters. The van der Waals surface area contributed by atoms with Crippen molar-refractivity contribution in [2.24, 2.45) is 0 Å². The quantitative estimate of drug-likeness (QED) is 0.623. The van der Waals surface area contributed by atoms with Gasteiger partial charge in [0, 0.05) is 11.6 Å². The Kier molecular flexibility index (Phi) is 1.92. The Morgan fingerprint density at radius 1 is 1.08 bits per heavy atom. The molecule has 0 radical (unpaired) electrons. The van der Waals surface area contributed by atoms with E-state index in [1.165, 1.54) is 12.8 Å². The maximum Gasteiger partial charge on any atom is 0.0645 e. The van der Waals surface area contributed by atoms with Gasteiger partial charge in [0.25, 0.3) is 0 Å². The summed E-state index contributed by atoms with van der Waals surface area (Å²) in [7, 11) is 0. The molecular weight excluding hydrogens is 150 g/mol. The van der Waals surface area contributed by atoms with Gasteiger partial charge in [0.1, 0.15) is 0 Å². The average molecular weight is 169 g/mol. The van der Waals surface area contributed by atoms with Crippen LogP contribution < -0.4 is 0 Å². The summed E-state index contributed by atoms with van der Waals surface area (Å²) in [5.41, 5.74) is 0.329. The van der Waals surface area contributed by atoms with Crippen molar-refractivity contribution < 1.29 is 4.74 Å². The highest BCUT2D eigenvalue weighted by Gasteiger charge is 2.42. The third-order valence-electron chi connectivity index (χ3n) is 2.73. The highest BCUT2D eigenvalue weighted by atomic mass is 16.5. The Labute approximate surface area is 74.9 Å². The van der Waals surface area contributed by atoms with E-state index in [0.29, 0.717) is 11.6 Å². The normalized spacial score (nSPS) is 26.0. The van der Waals surface area contributed by atoms with Gasteiger partial charge >= 0.3 is 0 Å². The molecule has 2 heteroatoms.